The van der Waals surface area contributed by atoms with Crippen molar-refractivity contribution < 1.29 is 27.9 Å². The molecule has 0 saturated heterocycles. The average Bonchev–Trinajstić information content (AvgIpc) is 3.14. The molecule has 0 aliphatic heterocycles. The Morgan fingerprint density at radius 1 is 1.17 bits per heavy atom. The molecule has 6 nitrogen and oxygen atoms in total. The summed E-state index contributed by atoms with van der Waals surface area (Å²) in [4.78, 5) is 24.0. The number of ether oxygens (including phenoxy) is 2. The zero-order chi connectivity index (χ0) is 16.4. The predicted molar refractivity (Wildman–Crippen MR) is 80.6 cm³/mol. The number of hydrogen-bond donors (Lipinski definition) is 0. The number of carbonyl (C=O) groups excluding carboxylic acids is 2. The molecule has 0 unspecified atom stereocenters. The summed E-state index contributed by atoms with van der Waals surface area (Å²) in [6.07, 6.45) is 1.39. The van der Waals surface area contributed by atoms with Crippen molar-refractivity contribution in [3.05, 3.63) is 53.7 Å². The Morgan fingerprint density at radius 2 is 2.00 bits per heavy atom. The van der Waals surface area contributed by atoms with Crippen LogP contribution >= 0.6 is 0 Å². The Morgan fingerprint density at radius 3 is 2.70 bits per heavy atom. The number of fused-ring (bicyclic) bond motifs is 1. The SMILES string of the molecule is CCOC(=O)c1c(C)oc2ccc(OC(=O)c3ccco3)cc12. The van der Waals surface area contributed by atoms with Crippen LogP contribution in [-0.2, 0) is 4.74 Å². The number of benzene rings is 1. The van der Waals surface area contributed by atoms with Crippen molar-refractivity contribution in [1.29, 1.82) is 0 Å². The summed E-state index contributed by atoms with van der Waals surface area (Å²) in [7, 11) is 0. The van der Waals surface area contributed by atoms with Crippen molar-refractivity contribution in [3.63, 3.8) is 0 Å². The normalized spacial score (nSPS) is 10.7. The van der Waals surface area contributed by atoms with Gasteiger partial charge in [-0.1, -0.05) is 0 Å². The molecular formula is C17H14O6. The Balaban J connectivity index is 1.96. The standard InChI is InChI=1S/C17H14O6/c1-3-20-17(19)15-10(2)22-13-7-6-11(9-12(13)15)23-16(18)14-5-4-8-21-14/h4-9H,3H2,1-2H3. The lowest BCUT2D eigenvalue weighted by Crippen LogP contribution is -2.07. The van der Waals surface area contributed by atoms with Crippen LogP contribution in [0.25, 0.3) is 11.0 Å². The van der Waals surface area contributed by atoms with Crippen molar-refractivity contribution in [1.82, 2.24) is 0 Å². The van der Waals surface area contributed by atoms with Crippen LogP contribution in [0.4, 0.5) is 0 Å². The van der Waals surface area contributed by atoms with E-state index in [1.807, 2.05) is 0 Å². The fourth-order valence-corrected chi connectivity index (χ4v) is 2.27. The molecule has 3 aromatic rings. The molecule has 0 radical (unpaired) electrons. The molecule has 2 heterocycles. The van der Waals surface area contributed by atoms with Crippen LogP contribution in [-0.4, -0.2) is 18.5 Å². The first kappa shape index (κ1) is 14.9. The van der Waals surface area contributed by atoms with Crippen LogP contribution in [0, 0.1) is 6.92 Å². The summed E-state index contributed by atoms with van der Waals surface area (Å²) in [5.41, 5.74) is 0.848. The lowest BCUT2D eigenvalue weighted by Gasteiger charge is -2.03. The minimum Gasteiger partial charge on any atom is -0.462 e. The minimum absolute atomic E-state index is 0.0964. The Labute approximate surface area is 131 Å². The summed E-state index contributed by atoms with van der Waals surface area (Å²) in [6, 6.07) is 7.89. The van der Waals surface area contributed by atoms with Gasteiger partial charge in [0.1, 0.15) is 22.7 Å². The van der Waals surface area contributed by atoms with Gasteiger partial charge in [0.2, 0.25) is 5.76 Å². The summed E-state index contributed by atoms with van der Waals surface area (Å²) >= 11 is 0. The molecule has 0 saturated carbocycles. The summed E-state index contributed by atoms with van der Waals surface area (Å²) in [6.45, 7) is 3.67. The summed E-state index contributed by atoms with van der Waals surface area (Å²) < 4.78 is 20.8. The van der Waals surface area contributed by atoms with E-state index in [1.54, 1.807) is 38.1 Å². The van der Waals surface area contributed by atoms with Gasteiger partial charge < -0.3 is 18.3 Å². The van der Waals surface area contributed by atoms with E-state index in [0.29, 0.717) is 22.3 Å². The van der Waals surface area contributed by atoms with Crippen LogP contribution in [0.15, 0.2) is 45.4 Å². The van der Waals surface area contributed by atoms with E-state index in [-0.39, 0.29) is 18.1 Å². The number of carbonyl (C=O) groups is 2. The maximum Gasteiger partial charge on any atom is 0.379 e. The monoisotopic (exact) mass is 314 g/mol. The van der Waals surface area contributed by atoms with Gasteiger partial charge in [0.25, 0.3) is 0 Å². The highest BCUT2D eigenvalue weighted by atomic mass is 16.5. The van der Waals surface area contributed by atoms with Crippen LogP contribution in [0.2, 0.25) is 0 Å². The third-order valence-electron chi connectivity index (χ3n) is 3.25. The highest BCUT2D eigenvalue weighted by molar-refractivity contribution is 6.05. The lowest BCUT2D eigenvalue weighted by atomic mass is 10.1. The van der Waals surface area contributed by atoms with Gasteiger partial charge in [-0.3, -0.25) is 0 Å². The van der Waals surface area contributed by atoms with E-state index >= 15 is 0 Å². The first-order chi connectivity index (χ1) is 11.1. The van der Waals surface area contributed by atoms with Crippen molar-refractivity contribution in [3.8, 4) is 5.75 Å². The lowest BCUT2D eigenvalue weighted by molar-refractivity contribution is 0.0526. The molecule has 23 heavy (non-hydrogen) atoms. The topological polar surface area (TPSA) is 78.9 Å². The number of esters is 2. The van der Waals surface area contributed by atoms with Crippen LogP contribution < -0.4 is 4.74 Å². The molecule has 0 spiro atoms. The molecule has 0 amide bonds. The van der Waals surface area contributed by atoms with E-state index in [4.69, 9.17) is 18.3 Å². The molecule has 0 bridgehead atoms. The van der Waals surface area contributed by atoms with Gasteiger partial charge in [0.05, 0.1) is 12.9 Å². The zero-order valence-corrected chi connectivity index (χ0v) is 12.6. The van der Waals surface area contributed by atoms with E-state index in [1.165, 1.54) is 12.3 Å². The van der Waals surface area contributed by atoms with Crippen LogP contribution in [0.3, 0.4) is 0 Å². The van der Waals surface area contributed by atoms with Gasteiger partial charge in [0.15, 0.2) is 0 Å². The second kappa shape index (κ2) is 6.00. The van der Waals surface area contributed by atoms with E-state index in [2.05, 4.69) is 0 Å². The van der Waals surface area contributed by atoms with Crippen molar-refractivity contribution in [2.24, 2.45) is 0 Å². The molecule has 0 aliphatic rings. The van der Waals surface area contributed by atoms with Gasteiger partial charge in [-0.05, 0) is 44.2 Å². The third-order valence-corrected chi connectivity index (χ3v) is 3.25. The molecule has 6 heteroatoms. The third kappa shape index (κ3) is 2.83. The molecule has 3 rings (SSSR count). The Hall–Kier alpha value is -3.02. The number of aryl methyl sites for hydroxylation is 1. The molecular weight excluding hydrogens is 300 g/mol. The van der Waals surface area contributed by atoms with Crippen LogP contribution in [0.5, 0.6) is 5.75 Å². The van der Waals surface area contributed by atoms with E-state index in [0.717, 1.165) is 0 Å². The molecule has 0 atom stereocenters. The van der Waals surface area contributed by atoms with Gasteiger partial charge in [-0.15, -0.1) is 0 Å². The number of hydrogen-bond acceptors (Lipinski definition) is 6. The first-order valence-corrected chi connectivity index (χ1v) is 7.06. The average molecular weight is 314 g/mol. The van der Waals surface area contributed by atoms with E-state index < -0.39 is 11.9 Å². The fraction of sp³-hybridized carbons (Fsp3) is 0.176. The van der Waals surface area contributed by atoms with Gasteiger partial charge in [-0.2, -0.15) is 0 Å². The Bertz CT molecular complexity index is 857. The largest absolute Gasteiger partial charge is 0.462 e. The van der Waals surface area contributed by atoms with Crippen molar-refractivity contribution >= 4 is 22.9 Å². The second-order valence-electron chi connectivity index (χ2n) is 4.78. The van der Waals surface area contributed by atoms with Gasteiger partial charge in [-0.25, -0.2) is 9.59 Å². The van der Waals surface area contributed by atoms with Crippen LogP contribution in [0.1, 0.15) is 33.6 Å². The van der Waals surface area contributed by atoms with Gasteiger partial charge >= 0.3 is 11.9 Å². The van der Waals surface area contributed by atoms with Gasteiger partial charge in [0, 0.05) is 5.39 Å². The zero-order valence-electron chi connectivity index (χ0n) is 12.6. The predicted octanol–water partition coefficient (Wildman–Crippen LogP) is 3.73. The molecule has 118 valence electrons. The van der Waals surface area contributed by atoms with Crippen molar-refractivity contribution in [2.75, 3.05) is 6.61 Å². The summed E-state index contributed by atoms with van der Waals surface area (Å²) in [5.74, 6) is -0.261. The first-order valence-electron chi connectivity index (χ1n) is 7.06. The molecule has 0 fully saturated rings. The van der Waals surface area contributed by atoms with Crippen molar-refractivity contribution in [2.45, 2.75) is 13.8 Å². The number of furan rings is 2. The molecule has 1 aromatic carbocycles. The quantitative estimate of drug-likeness (QED) is 0.539. The Kier molecular flexibility index (Phi) is 3.89. The highest BCUT2D eigenvalue weighted by Crippen LogP contribution is 2.30. The second-order valence-corrected chi connectivity index (χ2v) is 4.78. The maximum absolute atomic E-state index is 12.1. The highest BCUT2D eigenvalue weighted by Gasteiger charge is 2.20. The maximum atomic E-state index is 12.1. The fourth-order valence-electron chi connectivity index (χ4n) is 2.27. The van der Waals surface area contributed by atoms with E-state index in [9.17, 15) is 9.59 Å². The molecule has 0 aliphatic carbocycles. The summed E-state index contributed by atoms with van der Waals surface area (Å²) in [5, 5.41) is 0.533. The minimum atomic E-state index is -0.618. The molecule has 0 N–H and O–H groups in total. The smallest absolute Gasteiger partial charge is 0.379 e. The number of rotatable bonds is 4. The molecule has 2 aromatic heterocycles.